The third kappa shape index (κ3) is 4.83. The van der Waals surface area contributed by atoms with Crippen molar-refractivity contribution < 1.29 is 9.53 Å². The number of nitrogens with two attached hydrogens (primary N) is 1. The summed E-state index contributed by atoms with van der Waals surface area (Å²) < 4.78 is 8.01. The Labute approximate surface area is 211 Å². The molecule has 2 heterocycles. The van der Waals surface area contributed by atoms with Crippen molar-refractivity contribution in [1.29, 1.82) is 0 Å². The minimum atomic E-state index is -0.564. The molecule has 7 nitrogen and oxygen atoms in total. The van der Waals surface area contributed by atoms with Gasteiger partial charge in [0.2, 0.25) is 5.95 Å². The summed E-state index contributed by atoms with van der Waals surface area (Å²) in [5.74, 6) is 0.831. The molecule has 0 aliphatic carbocycles. The highest BCUT2D eigenvalue weighted by Crippen LogP contribution is 2.32. The Morgan fingerprint density at radius 2 is 1.77 bits per heavy atom. The van der Waals surface area contributed by atoms with Crippen molar-refractivity contribution in [2.75, 3.05) is 11.1 Å². The molecule has 0 aliphatic heterocycles. The first-order chi connectivity index (χ1) is 16.7. The van der Waals surface area contributed by atoms with Crippen LogP contribution in [0, 0.1) is 0 Å². The number of fused-ring (bicyclic) bond motifs is 2. The molecule has 0 saturated heterocycles. The number of ether oxygens (including phenoxy) is 1. The average molecular weight is 530 g/mol. The molecule has 0 aliphatic rings. The molecule has 5 rings (SSSR count). The fraction of sp³-hybridized carbons (Fsp3) is 0.148. The van der Waals surface area contributed by atoms with E-state index >= 15 is 0 Å². The molecule has 0 unspecified atom stereocenters. The number of nitrogens with zero attached hydrogens (tertiary/aromatic N) is 3. The van der Waals surface area contributed by atoms with E-state index in [0.717, 1.165) is 43.1 Å². The lowest BCUT2D eigenvalue weighted by molar-refractivity contribution is 0.0544. The highest BCUT2D eigenvalue weighted by molar-refractivity contribution is 9.10. The number of aromatic nitrogens is 3. The summed E-state index contributed by atoms with van der Waals surface area (Å²) in [6.45, 7) is 5.56. The minimum Gasteiger partial charge on any atom is -0.443 e. The van der Waals surface area contributed by atoms with Crippen LogP contribution in [0.5, 0.6) is 0 Å². The van der Waals surface area contributed by atoms with Gasteiger partial charge in [-0.1, -0.05) is 34.1 Å². The maximum atomic E-state index is 12.6. The Morgan fingerprint density at radius 3 is 2.54 bits per heavy atom. The van der Waals surface area contributed by atoms with Gasteiger partial charge in [0, 0.05) is 27.1 Å². The zero-order valence-electron chi connectivity index (χ0n) is 19.5. The van der Waals surface area contributed by atoms with Crippen LogP contribution in [0.1, 0.15) is 20.8 Å². The molecular formula is C27H24BrN5O2. The Bertz CT molecular complexity index is 1590. The number of benzene rings is 3. The van der Waals surface area contributed by atoms with Crippen LogP contribution in [0.25, 0.3) is 32.9 Å². The molecule has 8 heteroatoms. The number of nitrogen functional groups attached to an aromatic ring is 1. The minimum absolute atomic E-state index is 0.202. The lowest BCUT2D eigenvalue weighted by Gasteiger charge is -2.19. The first-order valence-corrected chi connectivity index (χ1v) is 11.9. The second-order valence-electron chi connectivity index (χ2n) is 9.24. The summed E-state index contributed by atoms with van der Waals surface area (Å²) in [5, 5.41) is 5.14. The first-order valence-electron chi connectivity index (χ1n) is 11.1. The Kier molecular flexibility index (Phi) is 5.68. The maximum Gasteiger partial charge on any atom is 0.418 e. The van der Waals surface area contributed by atoms with E-state index in [9.17, 15) is 4.79 Å². The van der Waals surface area contributed by atoms with E-state index in [0.29, 0.717) is 5.82 Å². The maximum absolute atomic E-state index is 12.6. The van der Waals surface area contributed by atoms with Crippen LogP contribution in [0.3, 0.4) is 0 Å². The zero-order valence-corrected chi connectivity index (χ0v) is 21.1. The van der Waals surface area contributed by atoms with Gasteiger partial charge in [-0.15, -0.1) is 0 Å². The molecule has 0 bridgehead atoms. The highest BCUT2D eigenvalue weighted by Gasteiger charge is 2.19. The molecule has 0 amide bonds. The number of anilines is 3. The van der Waals surface area contributed by atoms with E-state index < -0.39 is 11.7 Å². The molecule has 35 heavy (non-hydrogen) atoms. The number of carbonyl (C=O) groups excluding carboxylic acids is 1. The van der Waals surface area contributed by atoms with Crippen molar-refractivity contribution in [2.24, 2.45) is 0 Å². The lowest BCUT2D eigenvalue weighted by Crippen LogP contribution is -2.26. The molecule has 3 N–H and O–H groups in total. The van der Waals surface area contributed by atoms with E-state index in [1.54, 1.807) is 6.20 Å². The number of hydrogen-bond acceptors (Lipinski definition) is 6. The third-order valence-corrected chi connectivity index (χ3v) is 5.91. The van der Waals surface area contributed by atoms with E-state index in [1.807, 2.05) is 81.4 Å². The molecule has 0 fully saturated rings. The number of nitrogens with one attached hydrogen (secondary N) is 1. The predicted octanol–water partition coefficient (Wildman–Crippen LogP) is 7.12. The van der Waals surface area contributed by atoms with Crippen molar-refractivity contribution in [3.63, 3.8) is 0 Å². The van der Waals surface area contributed by atoms with Crippen molar-refractivity contribution in [2.45, 2.75) is 26.4 Å². The van der Waals surface area contributed by atoms with Gasteiger partial charge in [0.1, 0.15) is 11.4 Å². The molecule has 3 aromatic carbocycles. The van der Waals surface area contributed by atoms with Crippen LogP contribution in [-0.4, -0.2) is 26.2 Å². The largest absolute Gasteiger partial charge is 0.443 e. The molecule has 0 radical (unpaired) electrons. The summed E-state index contributed by atoms with van der Waals surface area (Å²) >= 11 is 3.50. The van der Waals surface area contributed by atoms with Crippen molar-refractivity contribution in [3.05, 3.63) is 77.4 Å². The zero-order chi connectivity index (χ0) is 24.7. The van der Waals surface area contributed by atoms with E-state index in [4.69, 9.17) is 10.5 Å². The Balaban J connectivity index is 1.54. The van der Waals surface area contributed by atoms with Crippen molar-refractivity contribution in [1.82, 2.24) is 14.5 Å². The molecule has 2 aromatic heterocycles. The quantitative estimate of drug-likeness (QED) is 0.258. The summed E-state index contributed by atoms with van der Waals surface area (Å²) in [6, 6.07) is 21.7. The van der Waals surface area contributed by atoms with Gasteiger partial charge in [-0.25, -0.2) is 9.78 Å². The summed E-state index contributed by atoms with van der Waals surface area (Å²) in [7, 11) is 0. The van der Waals surface area contributed by atoms with Crippen molar-refractivity contribution >= 4 is 61.3 Å². The topological polar surface area (TPSA) is 95.1 Å². The van der Waals surface area contributed by atoms with Gasteiger partial charge in [-0.05, 0) is 80.4 Å². The fourth-order valence-electron chi connectivity index (χ4n) is 3.92. The number of carbonyl (C=O) groups is 1. The summed E-state index contributed by atoms with van der Waals surface area (Å²) in [4.78, 5) is 21.4. The lowest BCUT2D eigenvalue weighted by atomic mass is 10.0. The second-order valence-corrected chi connectivity index (χ2v) is 10.2. The molecule has 0 atom stereocenters. The third-order valence-electron chi connectivity index (χ3n) is 5.41. The molecule has 5 aromatic rings. The first kappa shape index (κ1) is 22.9. The SMILES string of the molecule is CC(C)(C)OC(=O)n1ccc2cc(-c3ccc4nc(N)nc(Nc5cccc(Br)c5)c4c3)ccc21. The average Bonchev–Trinajstić information content (AvgIpc) is 3.21. The smallest absolute Gasteiger partial charge is 0.418 e. The van der Waals surface area contributed by atoms with Gasteiger partial charge in [0.05, 0.1) is 11.0 Å². The summed E-state index contributed by atoms with van der Waals surface area (Å²) in [6.07, 6.45) is 1.34. The van der Waals surface area contributed by atoms with Gasteiger partial charge < -0.3 is 15.8 Å². The Hall–Kier alpha value is -3.91. The van der Waals surface area contributed by atoms with Gasteiger partial charge in [0.15, 0.2) is 0 Å². The normalized spacial score (nSPS) is 11.7. The highest BCUT2D eigenvalue weighted by atomic mass is 79.9. The number of halogens is 1. The van der Waals surface area contributed by atoms with Crippen LogP contribution in [-0.2, 0) is 4.74 Å². The standard InChI is InChI=1S/C27H24BrN5O2/c1-27(2,3)35-26(34)33-12-11-18-13-16(8-10-23(18)33)17-7-9-22-21(14-17)24(32-25(29)31-22)30-20-6-4-5-19(28)15-20/h4-15H,1-3H3,(H3,29,30,31,32). The molecule has 0 spiro atoms. The monoisotopic (exact) mass is 529 g/mol. The van der Waals surface area contributed by atoms with Crippen LogP contribution in [0.15, 0.2) is 77.4 Å². The Morgan fingerprint density at radius 1 is 1.00 bits per heavy atom. The van der Waals surface area contributed by atoms with Crippen molar-refractivity contribution in [3.8, 4) is 11.1 Å². The molecule has 176 valence electrons. The van der Waals surface area contributed by atoms with E-state index in [1.165, 1.54) is 4.57 Å². The second kappa shape index (κ2) is 8.70. The van der Waals surface area contributed by atoms with Gasteiger partial charge in [-0.2, -0.15) is 4.98 Å². The van der Waals surface area contributed by atoms with E-state index in [2.05, 4.69) is 37.3 Å². The van der Waals surface area contributed by atoms with Crippen LogP contribution >= 0.6 is 15.9 Å². The van der Waals surface area contributed by atoms with E-state index in [-0.39, 0.29) is 5.95 Å². The van der Waals surface area contributed by atoms with Gasteiger partial charge in [0.25, 0.3) is 0 Å². The van der Waals surface area contributed by atoms with Gasteiger partial charge in [-0.3, -0.25) is 4.57 Å². The number of hydrogen-bond donors (Lipinski definition) is 2. The molecular weight excluding hydrogens is 506 g/mol. The van der Waals surface area contributed by atoms with Crippen LogP contribution in [0.4, 0.5) is 22.2 Å². The number of rotatable bonds is 3. The van der Waals surface area contributed by atoms with Crippen LogP contribution in [0.2, 0.25) is 0 Å². The predicted molar refractivity (Wildman–Crippen MR) is 144 cm³/mol. The van der Waals surface area contributed by atoms with Crippen LogP contribution < -0.4 is 11.1 Å². The summed E-state index contributed by atoms with van der Waals surface area (Å²) in [5.41, 5.74) is 9.83. The fourth-order valence-corrected chi connectivity index (χ4v) is 4.32. The van der Waals surface area contributed by atoms with Gasteiger partial charge >= 0.3 is 6.09 Å². The molecule has 0 saturated carbocycles.